The van der Waals surface area contributed by atoms with Gasteiger partial charge in [-0.2, -0.15) is 0 Å². The lowest BCUT2D eigenvalue weighted by Crippen LogP contribution is -2.48. The minimum Gasteiger partial charge on any atom is -0.354 e. The second-order valence-corrected chi connectivity index (χ2v) is 6.63. The first-order valence-corrected chi connectivity index (χ1v) is 7.55. The molecule has 2 fully saturated rings. The van der Waals surface area contributed by atoms with E-state index in [4.69, 9.17) is 0 Å². The number of carbonyl (C=O) groups excluding carboxylic acids is 1. The van der Waals surface area contributed by atoms with Crippen molar-refractivity contribution in [2.45, 2.75) is 24.5 Å². The lowest BCUT2D eigenvalue weighted by Gasteiger charge is -2.28. The highest BCUT2D eigenvalue weighted by Gasteiger charge is 2.36. The molecule has 0 spiro atoms. The lowest BCUT2D eigenvalue weighted by molar-refractivity contribution is -0.123. The third kappa shape index (κ3) is 3.60. The van der Waals surface area contributed by atoms with Crippen molar-refractivity contribution in [1.29, 1.82) is 0 Å². The zero-order valence-corrected chi connectivity index (χ0v) is 11.4. The molecule has 0 aromatic rings. The molecule has 98 valence electrons. The molecule has 4 nitrogen and oxygen atoms in total. The lowest BCUT2D eigenvalue weighted by atomic mass is 10.1. The van der Waals surface area contributed by atoms with Gasteiger partial charge in [0.25, 0.3) is 0 Å². The van der Waals surface area contributed by atoms with Crippen molar-refractivity contribution in [1.82, 2.24) is 15.5 Å². The molecule has 0 bridgehead atoms. The Morgan fingerprint density at radius 2 is 2.24 bits per heavy atom. The van der Waals surface area contributed by atoms with Crippen LogP contribution in [0.5, 0.6) is 0 Å². The highest BCUT2D eigenvalue weighted by molar-refractivity contribution is 8.01. The molecule has 1 amide bonds. The quantitative estimate of drug-likeness (QED) is 0.760. The Bertz CT molecular complexity index is 260. The van der Waals surface area contributed by atoms with Gasteiger partial charge in [0.2, 0.25) is 5.91 Å². The summed E-state index contributed by atoms with van der Waals surface area (Å²) in [4.78, 5) is 14.4. The van der Waals surface area contributed by atoms with Gasteiger partial charge in [-0.1, -0.05) is 0 Å². The number of hydrogen-bond donors (Lipinski definition) is 2. The van der Waals surface area contributed by atoms with Gasteiger partial charge in [0, 0.05) is 39.3 Å². The Balaban J connectivity index is 1.65. The van der Waals surface area contributed by atoms with Gasteiger partial charge >= 0.3 is 0 Å². The monoisotopic (exact) mass is 257 g/mol. The Morgan fingerprint density at radius 3 is 2.88 bits per heavy atom. The van der Waals surface area contributed by atoms with Crippen LogP contribution in [0.2, 0.25) is 0 Å². The fraction of sp³-hybridized carbons (Fsp3) is 0.917. The van der Waals surface area contributed by atoms with Gasteiger partial charge in [-0.25, -0.2) is 0 Å². The SMILES string of the molecule is CC1(C(=O)NCCN2CCNCC2)CCCS1. The topological polar surface area (TPSA) is 44.4 Å². The van der Waals surface area contributed by atoms with Crippen molar-refractivity contribution in [3.05, 3.63) is 0 Å². The standard InChI is InChI=1S/C12H23N3OS/c1-12(3-2-10-17-12)11(16)14-6-9-15-7-4-13-5-8-15/h13H,2-10H2,1H3,(H,14,16). The molecule has 5 heteroatoms. The predicted molar refractivity (Wildman–Crippen MR) is 72.4 cm³/mol. The van der Waals surface area contributed by atoms with E-state index in [0.29, 0.717) is 0 Å². The molecule has 2 aliphatic heterocycles. The molecular formula is C12H23N3OS. The average Bonchev–Trinajstić information content (AvgIpc) is 2.79. The van der Waals surface area contributed by atoms with Crippen LogP contribution in [0, 0.1) is 0 Å². The molecule has 0 aromatic carbocycles. The van der Waals surface area contributed by atoms with E-state index in [-0.39, 0.29) is 10.7 Å². The number of piperazine rings is 1. The molecule has 0 radical (unpaired) electrons. The van der Waals surface area contributed by atoms with Crippen LogP contribution in [0.3, 0.4) is 0 Å². The summed E-state index contributed by atoms with van der Waals surface area (Å²) in [5.41, 5.74) is 0. The van der Waals surface area contributed by atoms with Gasteiger partial charge in [-0.15, -0.1) is 11.8 Å². The van der Waals surface area contributed by atoms with Crippen LogP contribution >= 0.6 is 11.8 Å². The molecule has 2 saturated heterocycles. The number of carbonyl (C=O) groups is 1. The van der Waals surface area contributed by atoms with Gasteiger partial charge in [-0.3, -0.25) is 9.69 Å². The van der Waals surface area contributed by atoms with E-state index in [9.17, 15) is 4.79 Å². The van der Waals surface area contributed by atoms with E-state index in [1.54, 1.807) is 11.8 Å². The van der Waals surface area contributed by atoms with Crippen molar-refractivity contribution < 1.29 is 4.79 Å². The zero-order chi connectivity index (χ0) is 12.1. The normalized spacial score (nSPS) is 30.4. The maximum Gasteiger partial charge on any atom is 0.235 e. The Morgan fingerprint density at radius 1 is 1.47 bits per heavy atom. The molecule has 2 aliphatic rings. The van der Waals surface area contributed by atoms with Gasteiger partial charge in [-0.05, 0) is 25.5 Å². The van der Waals surface area contributed by atoms with E-state index in [1.165, 1.54) is 6.42 Å². The van der Waals surface area contributed by atoms with Crippen molar-refractivity contribution in [3.8, 4) is 0 Å². The fourth-order valence-corrected chi connectivity index (χ4v) is 3.64. The van der Waals surface area contributed by atoms with E-state index >= 15 is 0 Å². The third-order valence-corrected chi connectivity index (χ3v) is 5.14. The van der Waals surface area contributed by atoms with Crippen LogP contribution in [-0.4, -0.2) is 60.6 Å². The average molecular weight is 257 g/mol. The zero-order valence-electron chi connectivity index (χ0n) is 10.6. The van der Waals surface area contributed by atoms with E-state index in [1.807, 2.05) is 0 Å². The second-order valence-electron chi connectivity index (χ2n) is 5.03. The molecule has 0 aliphatic carbocycles. The highest BCUT2D eigenvalue weighted by Crippen LogP contribution is 2.37. The smallest absolute Gasteiger partial charge is 0.235 e. The van der Waals surface area contributed by atoms with Gasteiger partial charge in [0.05, 0.1) is 4.75 Å². The predicted octanol–water partition coefficient (Wildman–Crippen LogP) is 0.294. The van der Waals surface area contributed by atoms with Crippen molar-refractivity contribution in [2.24, 2.45) is 0 Å². The molecule has 2 heterocycles. The summed E-state index contributed by atoms with van der Waals surface area (Å²) in [7, 11) is 0. The molecule has 1 atom stereocenters. The number of amides is 1. The minimum absolute atomic E-state index is 0.163. The maximum atomic E-state index is 12.0. The van der Waals surface area contributed by atoms with Gasteiger partial charge < -0.3 is 10.6 Å². The summed E-state index contributed by atoms with van der Waals surface area (Å²) in [6.45, 7) is 8.18. The number of hydrogen-bond acceptors (Lipinski definition) is 4. The van der Waals surface area contributed by atoms with Crippen LogP contribution in [0.15, 0.2) is 0 Å². The van der Waals surface area contributed by atoms with E-state index < -0.39 is 0 Å². The number of nitrogens with one attached hydrogen (secondary N) is 2. The third-order valence-electron chi connectivity index (χ3n) is 3.62. The van der Waals surface area contributed by atoms with Gasteiger partial charge in [0.1, 0.15) is 0 Å². The van der Waals surface area contributed by atoms with Crippen LogP contribution < -0.4 is 10.6 Å². The summed E-state index contributed by atoms with van der Waals surface area (Å²) in [6.07, 6.45) is 2.20. The van der Waals surface area contributed by atoms with E-state index in [0.717, 1.165) is 51.4 Å². The summed E-state index contributed by atoms with van der Waals surface area (Å²) < 4.78 is -0.163. The summed E-state index contributed by atoms with van der Waals surface area (Å²) >= 11 is 1.80. The Hall–Kier alpha value is -0.260. The summed E-state index contributed by atoms with van der Waals surface area (Å²) in [6, 6.07) is 0. The molecule has 2 rings (SSSR count). The first-order chi connectivity index (χ1) is 8.21. The van der Waals surface area contributed by atoms with Gasteiger partial charge in [0.15, 0.2) is 0 Å². The fourth-order valence-electron chi connectivity index (χ4n) is 2.41. The molecular weight excluding hydrogens is 234 g/mol. The molecule has 2 N–H and O–H groups in total. The highest BCUT2D eigenvalue weighted by atomic mass is 32.2. The Labute approximate surface area is 108 Å². The molecule has 0 saturated carbocycles. The molecule has 1 unspecified atom stereocenters. The molecule has 17 heavy (non-hydrogen) atoms. The van der Waals surface area contributed by atoms with Crippen LogP contribution in [0.1, 0.15) is 19.8 Å². The molecule has 0 aromatic heterocycles. The number of thioether (sulfide) groups is 1. The summed E-state index contributed by atoms with van der Waals surface area (Å²) in [5, 5.41) is 6.42. The number of nitrogens with zero attached hydrogens (tertiary/aromatic N) is 1. The van der Waals surface area contributed by atoms with Crippen LogP contribution in [0.25, 0.3) is 0 Å². The van der Waals surface area contributed by atoms with Crippen molar-refractivity contribution in [2.75, 3.05) is 45.0 Å². The van der Waals surface area contributed by atoms with Crippen LogP contribution in [-0.2, 0) is 4.79 Å². The van der Waals surface area contributed by atoms with E-state index in [2.05, 4.69) is 22.5 Å². The van der Waals surface area contributed by atoms with Crippen molar-refractivity contribution >= 4 is 17.7 Å². The van der Waals surface area contributed by atoms with Crippen LogP contribution in [0.4, 0.5) is 0 Å². The first-order valence-electron chi connectivity index (χ1n) is 6.56. The largest absolute Gasteiger partial charge is 0.354 e. The maximum absolute atomic E-state index is 12.0. The summed E-state index contributed by atoms with van der Waals surface area (Å²) in [5.74, 6) is 1.36. The second kappa shape index (κ2) is 6.07. The minimum atomic E-state index is -0.163. The first kappa shape index (κ1) is 13.2. The van der Waals surface area contributed by atoms with Crippen molar-refractivity contribution in [3.63, 3.8) is 0 Å². The number of rotatable bonds is 4. The Kier molecular flexibility index (Phi) is 4.70.